The molecule has 0 radical (unpaired) electrons. The average Bonchev–Trinajstić information content (AvgIpc) is 2.70. The molecule has 1 N–H and O–H groups in total. The van der Waals surface area contributed by atoms with E-state index in [-0.39, 0.29) is 24.3 Å². The van der Waals surface area contributed by atoms with Crippen LogP contribution in [0.5, 0.6) is 5.75 Å². The van der Waals surface area contributed by atoms with Crippen LogP contribution in [-0.4, -0.2) is 29.9 Å². The van der Waals surface area contributed by atoms with Gasteiger partial charge in [0.15, 0.2) is 0 Å². The summed E-state index contributed by atoms with van der Waals surface area (Å²) in [5, 5.41) is 3.88. The van der Waals surface area contributed by atoms with Crippen LogP contribution in [0.2, 0.25) is 10.0 Å². The summed E-state index contributed by atoms with van der Waals surface area (Å²) >= 11 is 12.1. The molecular weight excluding hydrogens is 411 g/mol. The van der Waals surface area contributed by atoms with E-state index in [1.807, 2.05) is 38.1 Å². The molecular formula is C22H26Cl2N2O3. The van der Waals surface area contributed by atoms with Gasteiger partial charge in [-0.05, 0) is 42.3 Å². The van der Waals surface area contributed by atoms with Gasteiger partial charge in [-0.25, -0.2) is 0 Å². The zero-order valence-corrected chi connectivity index (χ0v) is 18.6. The fourth-order valence-electron chi connectivity index (χ4n) is 2.80. The molecule has 0 bridgehead atoms. The molecule has 0 aliphatic carbocycles. The maximum absolute atomic E-state index is 12.8. The third-order valence-corrected chi connectivity index (χ3v) is 5.19. The minimum absolute atomic E-state index is 0.0898. The first-order valence-corrected chi connectivity index (χ1v) is 10.1. The lowest BCUT2D eigenvalue weighted by molar-refractivity contribution is -0.143. The molecule has 2 amide bonds. The summed E-state index contributed by atoms with van der Waals surface area (Å²) in [6, 6.07) is 11.9. The molecule has 0 aliphatic heterocycles. The van der Waals surface area contributed by atoms with Crippen molar-refractivity contribution in [2.75, 3.05) is 7.11 Å². The Balaban J connectivity index is 2.11. The van der Waals surface area contributed by atoms with E-state index in [9.17, 15) is 9.59 Å². The monoisotopic (exact) mass is 436 g/mol. The van der Waals surface area contributed by atoms with Crippen molar-refractivity contribution in [3.05, 3.63) is 63.6 Å². The van der Waals surface area contributed by atoms with E-state index in [1.165, 1.54) is 0 Å². The van der Waals surface area contributed by atoms with Gasteiger partial charge in [0.25, 0.3) is 0 Å². The van der Waals surface area contributed by atoms with Gasteiger partial charge in [-0.3, -0.25) is 9.59 Å². The number of nitrogens with zero attached hydrogens (tertiary/aromatic N) is 1. The third kappa shape index (κ3) is 6.38. The first-order valence-electron chi connectivity index (χ1n) is 9.38. The quantitative estimate of drug-likeness (QED) is 0.652. The SMILES string of the molecule is COc1ccc(CN(C(=O)C(C)C)[C@@H](C)C(=O)NCc2ccc(Cl)cc2Cl)cc1. The summed E-state index contributed by atoms with van der Waals surface area (Å²) < 4.78 is 5.17. The Hall–Kier alpha value is -2.24. The fraction of sp³-hybridized carbons (Fsp3) is 0.364. The number of benzene rings is 2. The molecule has 156 valence electrons. The number of carbonyl (C=O) groups is 2. The predicted octanol–water partition coefficient (Wildman–Crippen LogP) is 4.69. The molecule has 0 heterocycles. The van der Waals surface area contributed by atoms with E-state index in [4.69, 9.17) is 27.9 Å². The van der Waals surface area contributed by atoms with E-state index in [2.05, 4.69) is 5.32 Å². The van der Waals surface area contributed by atoms with Crippen LogP contribution >= 0.6 is 23.2 Å². The number of hydrogen-bond donors (Lipinski definition) is 1. The van der Waals surface area contributed by atoms with Gasteiger partial charge in [0.2, 0.25) is 11.8 Å². The lowest BCUT2D eigenvalue weighted by atomic mass is 10.1. The number of nitrogens with one attached hydrogen (secondary N) is 1. The standard InChI is InChI=1S/C22H26Cl2N2O3/c1-14(2)22(28)26(13-16-5-9-19(29-4)10-6-16)15(3)21(27)25-12-17-7-8-18(23)11-20(17)24/h5-11,14-15H,12-13H2,1-4H3,(H,25,27)/t15-/m0/s1. The molecule has 0 saturated heterocycles. The topological polar surface area (TPSA) is 58.6 Å². The Morgan fingerprint density at radius 2 is 1.72 bits per heavy atom. The number of rotatable bonds is 8. The van der Waals surface area contributed by atoms with Gasteiger partial charge in [0.1, 0.15) is 11.8 Å². The van der Waals surface area contributed by atoms with Crippen LogP contribution in [-0.2, 0) is 22.7 Å². The zero-order chi connectivity index (χ0) is 21.6. The second-order valence-electron chi connectivity index (χ2n) is 7.10. The van der Waals surface area contributed by atoms with E-state index < -0.39 is 6.04 Å². The normalized spacial score (nSPS) is 11.8. The van der Waals surface area contributed by atoms with Gasteiger partial charge in [-0.1, -0.05) is 55.2 Å². The maximum atomic E-state index is 12.8. The van der Waals surface area contributed by atoms with Crippen molar-refractivity contribution in [2.45, 2.75) is 39.9 Å². The number of halogens is 2. The first-order chi connectivity index (χ1) is 13.7. The minimum atomic E-state index is -0.641. The Labute approximate surface area is 181 Å². The third-order valence-electron chi connectivity index (χ3n) is 4.60. The van der Waals surface area contributed by atoms with Crippen molar-refractivity contribution in [1.82, 2.24) is 10.2 Å². The maximum Gasteiger partial charge on any atom is 0.242 e. The second-order valence-corrected chi connectivity index (χ2v) is 7.94. The van der Waals surface area contributed by atoms with E-state index >= 15 is 0 Å². The zero-order valence-electron chi connectivity index (χ0n) is 17.0. The van der Waals surface area contributed by atoms with Crippen molar-refractivity contribution in [1.29, 1.82) is 0 Å². The summed E-state index contributed by atoms with van der Waals surface area (Å²) in [5.41, 5.74) is 1.67. The highest BCUT2D eigenvalue weighted by Gasteiger charge is 2.27. The highest BCUT2D eigenvalue weighted by atomic mass is 35.5. The lowest BCUT2D eigenvalue weighted by Gasteiger charge is -2.30. The molecule has 2 rings (SSSR count). The van der Waals surface area contributed by atoms with Crippen LogP contribution in [0.4, 0.5) is 0 Å². The van der Waals surface area contributed by atoms with Gasteiger partial charge >= 0.3 is 0 Å². The van der Waals surface area contributed by atoms with Crippen LogP contribution in [0.25, 0.3) is 0 Å². The summed E-state index contributed by atoms with van der Waals surface area (Å²) in [4.78, 5) is 27.1. The van der Waals surface area contributed by atoms with E-state index in [1.54, 1.807) is 37.1 Å². The molecule has 0 unspecified atom stereocenters. The number of hydrogen-bond acceptors (Lipinski definition) is 3. The van der Waals surface area contributed by atoms with Gasteiger partial charge in [-0.15, -0.1) is 0 Å². The van der Waals surface area contributed by atoms with Crippen LogP contribution in [0.3, 0.4) is 0 Å². The van der Waals surface area contributed by atoms with Crippen molar-refractivity contribution in [3.8, 4) is 5.75 Å². The molecule has 0 aromatic heterocycles. The van der Waals surface area contributed by atoms with Crippen LogP contribution in [0.15, 0.2) is 42.5 Å². The molecule has 5 nitrogen and oxygen atoms in total. The molecule has 0 aliphatic rings. The Morgan fingerprint density at radius 1 is 1.07 bits per heavy atom. The molecule has 2 aromatic carbocycles. The molecule has 1 atom stereocenters. The Bertz CT molecular complexity index is 854. The van der Waals surface area contributed by atoms with Crippen molar-refractivity contribution in [3.63, 3.8) is 0 Å². The Morgan fingerprint density at radius 3 is 2.28 bits per heavy atom. The highest BCUT2D eigenvalue weighted by molar-refractivity contribution is 6.35. The summed E-state index contributed by atoms with van der Waals surface area (Å²) in [6.07, 6.45) is 0. The van der Waals surface area contributed by atoms with E-state index in [0.29, 0.717) is 16.6 Å². The highest BCUT2D eigenvalue weighted by Crippen LogP contribution is 2.21. The lowest BCUT2D eigenvalue weighted by Crippen LogP contribution is -2.48. The smallest absolute Gasteiger partial charge is 0.242 e. The number of carbonyl (C=O) groups excluding carboxylic acids is 2. The van der Waals surface area contributed by atoms with Crippen LogP contribution in [0.1, 0.15) is 31.9 Å². The molecule has 2 aromatic rings. The fourth-order valence-corrected chi connectivity index (χ4v) is 3.28. The molecule has 0 spiro atoms. The van der Waals surface area contributed by atoms with Crippen LogP contribution in [0, 0.1) is 5.92 Å². The largest absolute Gasteiger partial charge is 0.497 e. The average molecular weight is 437 g/mol. The molecule has 0 fully saturated rings. The summed E-state index contributed by atoms with van der Waals surface area (Å²) in [5.74, 6) is 0.168. The molecule has 7 heteroatoms. The number of amides is 2. The van der Waals surface area contributed by atoms with Gasteiger partial charge in [-0.2, -0.15) is 0 Å². The van der Waals surface area contributed by atoms with Crippen LogP contribution < -0.4 is 10.1 Å². The van der Waals surface area contributed by atoms with Crippen molar-refractivity contribution in [2.24, 2.45) is 5.92 Å². The van der Waals surface area contributed by atoms with Gasteiger partial charge in [0.05, 0.1) is 7.11 Å². The second kappa shape index (κ2) is 10.5. The number of methoxy groups -OCH3 is 1. The predicted molar refractivity (Wildman–Crippen MR) is 116 cm³/mol. The van der Waals surface area contributed by atoms with Crippen molar-refractivity contribution < 1.29 is 14.3 Å². The molecule has 0 saturated carbocycles. The molecule has 29 heavy (non-hydrogen) atoms. The first kappa shape index (κ1) is 23.0. The summed E-state index contributed by atoms with van der Waals surface area (Å²) in [6.45, 7) is 5.95. The van der Waals surface area contributed by atoms with Gasteiger partial charge < -0.3 is 15.0 Å². The van der Waals surface area contributed by atoms with Crippen molar-refractivity contribution >= 4 is 35.0 Å². The summed E-state index contributed by atoms with van der Waals surface area (Å²) in [7, 11) is 1.60. The van der Waals surface area contributed by atoms with E-state index in [0.717, 1.165) is 16.9 Å². The minimum Gasteiger partial charge on any atom is -0.497 e. The van der Waals surface area contributed by atoms with Gasteiger partial charge in [0, 0.05) is 29.1 Å². The Kier molecular flexibility index (Phi) is 8.35. The number of ether oxygens (including phenoxy) is 1.